The van der Waals surface area contributed by atoms with Gasteiger partial charge in [-0.3, -0.25) is 9.69 Å². The first-order chi connectivity index (χ1) is 9.79. The van der Waals surface area contributed by atoms with Crippen molar-refractivity contribution in [1.82, 2.24) is 4.90 Å². The lowest BCUT2D eigenvalue weighted by Crippen LogP contribution is -2.46. The summed E-state index contributed by atoms with van der Waals surface area (Å²) in [5, 5.41) is 0. The lowest BCUT2D eigenvalue weighted by atomic mass is 10.0. The van der Waals surface area contributed by atoms with Crippen molar-refractivity contribution in [2.45, 2.75) is 25.3 Å². The number of hydrogen-bond acceptors (Lipinski definition) is 6. The van der Waals surface area contributed by atoms with Crippen molar-refractivity contribution in [2.24, 2.45) is 0 Å². The van der Waals surface area contributed by atoms with E-state index >= 15 is 0 Å². The number of nitrogens with zero attached hydrogens (tertiary/aromatic N) is 1. The largest absolute Gasteiger partial charge is 0.468 e. The molecule has 1 fully saturated rings. The Balaban J connectivity index is 2.08. The summed E-state index contributed by atoms with van der Waals surface area (Å²) in [4.78, 5) is 13.8. The highest BCUT2D eigenvalue weighted by Crippen LogP contribution is 2.17. The predicted molar refractivity (Wildman–Crippen MR) is 74.7 cm³/mol. The third-order valence-corrected chi connectivity index (χ3v) is 3.41. The molecule has 6 heteroatoms. The Morgan fingerprint density at radius 3 is 2.45 bits per heavy atom. The van der Waals surface area contributed by atoms with Gasteiger partial charge in [0.1, 0.15) is 6.04 Å². The Morgan fingerprint density at radius 1 is 1.05 bits per heavy atom. The Kier molecular flexibility index (Phi) is 9.57. The Bertz CT molecular complexity index is 262. The molecule has 0 spiro atoms. The standard InChI is InChI=1S/C14H27NO5/c1-17-9-10-20-12-11-19-8-7-15-6-4-3-5-13(15)14(16)18-2/h13H,3-12H2,1-2H3. The summed E-state index contributed by atoms with van der Waals surface area (Å²) in [5.74, 6) is -0.132. The highest BCUT2D eigenvalue weighted by atomic mass is 16.5. The molecule has 1 aliphatic rings. The lowest BCUT2D eigenvalue weighted by Gasteiger charge is -2.33. The smallest absolute Gasteiger partial charge is 0.323 e. The molecule has 118 valence electrons. The van der Waals surface area contributed by atoms with Gasteiger partial charge >= 0.3 is 5.97 Å². The van der Waals surface area contributed by atoms with Gasteiger partial charge in [0, 0.05) is 13.7 Å². The van der Waals surface area contributed by atoms with Crippen LogP contribution in [0.3, 0.4) is 0 Å². The molecule has 6 nitrogen and oxygen atoms in total. The minimum atomic E-state index is -0.132. The van der Waals surface area contributed by atoms with E-state index < -0.39 is 0 Å². The molecule has 20 heavy (non-hydrogen) atoms. The van der Waals surface area contributed by atoms with Gasteiger partial charge in [-0.15, -0.1) is 0 Å². The molecular formula is C14H27NO5. The monoisotopic (exact) mass is 289 g/mol. The van der Waals surface area contributed by atoms with Gasteiger partial charge in [-0.25, -0.2) is 0 Å². The Labute approximate surface area is 121 Å². The number of carbonyl (C=O) groups is 1. The average Bonchev–Trinajstić information content (AvgIpc) is 2.49. The first-order valence-corrected chi connectivity index (χ1v) is 7.26. The fourth-order valence-electron chi connectivity index (χ4n) is 2.31. The quantitative estimate of drug-likeness (QED) is 0.436. The third-order valence-electron chi connectivity index (χ3n) is 3.41. The number of ether oxygens (including phenoxy) is 4. The zero-order valence-corrected chi connectivity index (χ0v) is 12.6. The van der Waals surface area contributed by atoms with Gasteiger partial charge in [-0.05, 0) is 19.4 Å². The second-order valence-electron chi connectivity index (χ2n) is 4.79. The molecule has 0 radical (unpaired) electrons. The van der Waals surface area contributed by atoms with Crippen LogP contribution in [-0.2, 0) is 23.7 Å². The van der Waals surface area contributed by atoms with Crippen LogP contribution in [0.4, 0.5) is 0 Å². The molecule has 0 aliphatic carbocycles. The van der Waals surface area contributed by atoms with Gasteiger partial charge in [-0.1, -0.05) is 6.42 Å². The molecule has 0 N–H and O–H groups in total. The second-order valence-corrected chi connectivity index (χ2v) is 4.79. The van der Waals surface area contributed by atoms with Gasteiger partial charge in [0.2, 0.25) is 0 Å². The first-order valence-electron chi connectivity index (χ1n) is 7.26. The number of rotatable bonds is 10. The van der Waals surface area contributed by atoms with Crippen molar-refractivity contribution in [3.63, 3.8) is 0 Å². The zero-order chi connectivity index (χ0) is 14.6. The van der Waals surface area contributed by atoms with Gasteiger partial charge in [0.05, 0.1) is 40.1 Å². The lowest BCUT2D eigenvalue weighted by molar-refractivity contribution is -0.148. The van der Waals surface area contributed by atoms with E-state index in [1.807, 2.05) is 0 Å². The summed E-state index contributed by atoms with van der Waals surface area (Å²) in [6, 6.07) is -0.102. The average molecular weight is 289 g/mol. The van der Waals surface area contributed by atoms with Crippen molar-refractivity contribution < 1.29 is 23.7 Å². The molecule has 1 aliphatic heterocycles. The molecule has 0 bridgehead atoms. The van der Waals surface area contributed by atoms with Crippen LogP contribution in [0, 0.1) is 0 Å². The fourth-order valence-corrected chi connectivity index (χ4v) is 2.31. The molecule has 1 rings (SSSR count). The third kappa shape index (κ3) is 6.65. The topological polar surface area (TPSA) is 57.2 Å². The number of methoxy groups -OCH3 is 2. The van der Waals surface area contributed by atoms with Crippen LogP contribution in [-0.4, -0.2) is 77.3 Å². The predicted octanol–water partition coefficient (Wildman–Crippen LogP) is 0.694. The highest BCUT2D eigenvalue weighted by Gasteiger charge is 2.28. The van der Waals surface area contributed by atoms with E-state index in [2.05, 4.69) is 4.90 Å². The maximum Gasteiger partial charge on any atom is 0.323 e. The van der Waals surface area contributed by atoms with Crippen LogP contribution in [0.2, 0.25) is 0 Å². The van der Waals surface area contributed by atoms with Crippen molar-refractivity contribution in [2.75, 3.05) is 60.3 Å². The van der Waals surface area contributed by atoms with Crippen molar-refractivity contribution >= 4 is 5.97 Å². The Hall–Kier alpha value is -0.690. The summed E-state index contributed by atoms with van der Waals surface area (Å²) < 4.78 is 20.6. The maximum absolute atomic E-state index is 11.7. The molecule has 0 saturated carbocycles. The van der Waals surface area contributed by atoms with E-state index in [0.29, 0.717) is 33.0 Å². The van der Waals surface area contributed by atoms with Crippen LogP contribution in [0.5, 0.6) is 0 Å². The van der Waals surface area contributed by atoms with Crippen LogP contribution in [0.25, 0.3) is 0 Å². The minimum absolute atomic E-state index is 0.102. The summed E-state index contributed by atoms with van der Waals surface area (Å²) in [5.41, 5.74) is 0. The van der Waals surface area contributed by atoms with Gasteiger partial charge in [0.25, 0.3) is 0 Å². The minimum Gasteiger partial charge on any atom is -0.468 e. The fraction of sp³-hybridized carbons (Fsp3) is 0.929. The van der Waals surface area contributed by atoms with E-state index in [0.717, 1.165) is 32.4 Å². The van der Waals surface area contributed by atoms with Gasteiger partial charge < -0.3 is 18.9 Å². The molecule has 0 aromatic rings. The zero-order valence-electron chi connectivity index (χ0n) is 12.6. The van der Waals surface area contributed by atoms with E-state index in [1.54, 1.807) is 7.11 Å². The Morgan fingerprint density at radius 2 is 1.75 bits per heavy atom. The summed E-state index contributed by atoms with van der Waals surface area (Å²) in [6.45, 7) is 4.65. The number of likely N-dealkylation sites (tertiary alicyclic amines) is 1. The van der Waals surface area contributed by atoms with E-state index in [1.165, 1.54) is 7.11 Å². The SMILES string of the molecule is COCCOCCOCCN1CCCCC1C(=O)OC. The maximum atomic E-state index is 11.7. The van der Waals surface area contributed by atoms with Crippen LogP contribution in [0.15, 0.2) is 0 Å². The molecule has 1 unspecified atom stereocenters. The summed E-state index contributed by atoms with van der Waals surface area (Å²) >= 11 is 0. The second kappa shape index (κ2) is 11.0. The van der Waals surface area contributed by atoms with E-state index in [-0.39, 0.29) is 12.0 Å². The number of piperidine rings is 1. The van der Waals surface area contributed by atoms with Crippen LogP contribution in [0.1, 0.15) is 19.3 Å². The molecule has 1 atom stereocenters. The van der Waals surface area contributed by atoms with Crippen molar-refractivity contribution in [3.05, 3.63) is 0 Å². The normalized spacial score (nSPS) is 20.0. The van der Waals surface area contributed by atoms with Crippen LogP contribution < -0.4 is 0 Å². The molecular weight excluding hydrogens is 262 g/mol. The van der Waals surface area contributed by atoms with Crippen LogP contribution >= 0.6 is 0 Å². The van der Waals surface area contributed by atoms with Crippen molar-refractivity contribution in [1.29, 1.82) is 0 Å². The molecule has 0 aromatic carbocycles. The summed E-state index contributed by atoms with van der Waals surface area (Å²) in [7, 11) is 3.10. The highest BCUT2D eigenvalue weighted by molar-refractivity contribution is 5.75. The number of hydrogen-bond donors (Lipinski definition) is 0. The first kappa shape index (κ1) is 17.4. The van der Waals surface area contributed by atoms with Gasteiger partial charge in [-0.2, -0.15) is 0 Å². The molecule has 0 aromatic heterocycles. The summed E-state index contributed by atoms with van der Waals surface area (Å²) in [6.07, 6.45) is 3.10. The van der Waals surface area contributed by atoms with Crippen molar-refractivity contribution in [3.8, 4) is 0 Å². The van der Waals surface area contributed by atoms with E-state index in [4.69, 9.17) is 18.9 Å². The van der Waals surface area contributed by atoms with E-state index in [9.17, 15) is 4.79 Å². The molecule has 0 amide bonds. The molecule has 1 saturated heterocycles. The van der Waals surface area contributed by atoms with Gasteiger partial charge in [0.15, 0.2) is 0 Å². The molecule has 1 heterocycles. The number of carbonyl (C=O) groups excluding carboxylic acids is 1. The number of esters is 1.